The molecule has 0 unspecified atom stereocenters. The van der Waals surface area contributed by atoms with Gasteiger partial charge in [0.15, 0.2) is 10.9 Å². The summed E-state index contributed by atoms with van der Waals surface area (Å²) in [6, 6.07) is 17.1. The van der Waals surface area contributed by atoms with E-state index in [2.05, 4.69) is 25.9 Å². The average Bonchev–Trinajstić information content (AvgIpc) is 3.57. The molecule has 2 aliphatic heterocycles. The van der Waals surface area contributed by atoms with E-state index in [1.807, 2.05) is 30.3 Å². The molecule has 3 N–H and O–H groups in total. The lowest BCUT2D eigenvalue weighted by Crippen LogP contribution is -2.52. The Morgan fingerprint density at radius 1 is 0.854 bits per heavy atom. The van der Waals surface area contributed by atoms with Crippen LogP contribution in [0.5, 0.6) is 0 Å². The van der Waals surface area contributed by atoms with E-state index in [1.54, 1.807) is 24.3 Å². The molecule has 2 fully saturated rings. The van der Waals surface area contributed by atoms with Crippen molar-refractivity contribution in [1.29, 1.82) is 5.41 Å². The molecule has 41 heavy (non-hydrogen) atoms. The van der Waals surface area contributed by atoms with Gasteiger partial charge in [0.1, 0.15) is 0 Å². The third kappa shape index (κ3) is 4.65. The number of piperazine rings is 1. The molecule has 5 aliphatic rings. The summed E-state index contributed by atoms with van der Waals surface area (Å²) >= 11 is 0. The number of anilines is 1. The summed E-state index contributed by atoms with van der Waals surface area (Å²) in [5, 5.41) is 15.1. The molecule has 0 radical (unpaired) electrons. The van der Waals surface area contributed by atoms with Crippen LogP contribution in [0.15, 0.2) is 74.3 Å². The Labute approximate surface area is 236 Å². The molecule has 1 saturated carbocycles. The molecule has 7 rings (SSSR count). The van der Waals surface area contributed by atoms with Crippen LogP contribution in [0.3, 0.4) is 0 Å². The smallest absolute Gasteiger partial charge is 0.196 e. The Morgan fingerprint density at radius 2 is 1.54 bits per heavy atom. The molecular weight excluding hydrogens is 514 g/mol. The van der Waals surface area contributed by atoms with Gasteiger partial charge < -0.3 is 4.90 Å². The fraction of sp³-hybridized carbons (Fsp3) is 0.344. The zero-order chi connectivity index (χ0) is 27.9. The zero-order valence-corrected chi connectivity index (χ0v) is 22.9. The predicted molar refractivity (Wildman–Crippen MR) is 160 cm³/mol. The van der Waals surface area contributed by atoms with Gasteiger partial charge >= 0.3 is 0 Å². The zero-order valence-electron chi connectivity index (χ0n) is 22.9. The van der Waals surface area contributed by atoms with Crippen molar-refractivity contribution in [3.63, 3.8) is 0 Å². The third-order valence-corrected chi connectivity index (χ3v) is 8.88. The summed E-state index contributed by atoms with van der Waals surface area (Å²) < 4.78 is 0. The second-order valence-electron chi connectivity index (χ2n) is 11.2. The number of fused-ring (bicyclic) bond motifs is 1. The van der Waals surface area contributed by atoms with Crippen LogP contribution < -0.4 is 37.4 Å². The van der Waals surface area contributed by atoms with Crippen molar-refractivity contribution in [2.24, 2.45) is 10.1 Å². The van der Waals surface area contributed by atoms with Gasteiger partial charge in [-0.1, -0.05) is 55.7 Å². The van der Waals surface area contributed by atoms with E-state index in [-0.39, 0.29) is 26.7 Å². The number of rotatable bonds is 4. The van der Waals surface area contributed by atoms with E-state index < -0.39 is 0 Å². The fourth-order valence-corrected chi connectivity index (χ4v) is 6.68. The van der Waals surface area contributed by atoms with Crippen molar-refractivity contribution in [2.45, 2.75) is 38.1 Å². The van der Waals surface area contributed by atoms with Crippen molar-refractivity contribution in [3.05, 3.63) is 102 Å². The predicted octanol–water partition coefficient (Wildman–Crippen LogP) is 2.14. The van der Waals surface area contributed by atoms with Crippen LogP contribution in [0.25, 0.3) is 10.8 Å². The summed E-state index contributed by atoms with van der Waals surface area (Å²) in [6.07, 6.45) is 6.47. The second kappa shape index (κ2) is 10.6. The largest absolute Gasteiger partial charge is 0.367 e. The maximum absolute atomic E-state index is 13.8. The van der Waals surface area contributed by atoms with Crippen LogP contribution in [-0.4, -0.2) is 49.4 Å². The van der Waals surface area contributed by atoms with Crippen molar-refractivity contribution in [3.8, 4) is 0 Å². The highest BCUT2D eigenvalue weighted by Gasteiger charge is 2.26. The van der Waals surface area contributed by atoms with Crippen molar-refractivity contribution < 1.29 is 0 Å². The Bertz CT molecular complexity index is 1930. The Kier molecular flexibility index (Phi) is 6.68. The highest BCUT2D eigenvalue weighted by Crippen LogP contribution is 2.24. The average molecular weight is 548 g/mol. The van der Waals surface area contributed by atoms with Crippen molar-refractivity contribution >= 4 is 27.9 Å². The SMILES string of the molecule is N=c1c(N2CCN(C3CCCCC3)CC2)cc(=Nc2ccc(C3=NNNC3)cc2)c2c(=O)c3ccccc3c(=O)c1=2. The first-order valence-electron chi connectivity index (χ1n) is 14.5. The molecule has 0 atom stereocenters. The highest BCUT2D eigenvalue weighted by molar-refractivity contribution is 6.02. The van der Waals surface area contributed by atoms with Gasteiger partial charge in [-0.15, -0.1) is 0 Å². The quantitative estimate of drug-likeness (QED) is 0.361. The molecule has 0 amide bonds. The van der Waals surface area contributed by atoms with Crippen LogP contribution in [-0.2, 0) is 0 Å². The van der Waals surface area contributed by atoms with Gasteiger partial charge in [-0.25, -0.2) is 16.0 Å². The van der Waals surface area contributed by atoms with Crippen LogP contribution >= 0.6 is 0 Å². The number of nitrogens with one attached hydrogen (secondary N) is 3. The summed E-state index contributed by atoms with van der Waals surface area (Å²) in [6.45, 7) is 4.04. The van der Waals surface area contributed by atoms with Gasteiger partial charge in [-0.05, 0) is 36.6 Å². The van der Waals surface area contributed by atoms with E-state index in [9.17, 15) is 15.0 Å². The van der Waals surface area contributed by atoms with Gasteiger partial charge in [-0.2, -0.15) is 5.10 Å². The van der Waals surface area contributed by atoms with E-state index in [4.69, 9.17) is 4.99 Å². The lowest BCUT2D eigenvalue weighted by molar-refractivity contribution is 0.148. The highest BCUT2D eigenvalue weighted by atomic mass is 16.1. The van der Waals surface area contributed by atoms with Gasteiger partial charge in [-0.3, -0.25) is 19.9 Å². The molecule has 208 valence electrons. The van der Waals surface area contributed by atoms with Gasteiger partial charge in [0.25, 0.3) is 0 Å². The topological polar surface area (TPSA) is 113 Å². The Hall–Kier alpha value is -4.21. The number of hydrazone groups is 1. The van der Waals surface area contributed by atoms with Crippen LogP contribution in [0.4, 0.5) is 11.4 Å². The number of hydrazine groups is 1. The number of benzene rings is 2. The summed E-state index contributed by atoms with van der Waals surface area (Å²) in [5.74, 6) is 0. The normalized spacial score (nSPS) is 19.2. The third-order valence-electron chi connectivity index (χ3n) is 8.88. The van der Waals surface area contributed by atoms with Crippen LogP contribution in [0.2, 0.25) is 0 Å². The molecule has 9 nitrogen and oxygen atoms in total. The molecule has 3 aliphatic carbocycles. The van der Waals surface area contributed by atoms with Crippen LogP contribution in [0, 0.1) is 15.8 Å². The van der Waals surface area contributed by atoms with E-state index in [0.717, 1.165) is 37.5 Å². The summed E-state index contributed by atoms with van der Waals surface area (Å²) in [5.41, 5.74) is 8.40. The molecule has 2 heterocycles. The summed E-state index contributed by atoms with van der Waals surface area (Å²) in [7, 11) is 0. The molecule has 0 spiro atoms. The van der Waals surface area contributed by atoms with Crippen molar-refractivity contribution in [2.75, 3.05) is 37.6 Å². The number of hydrogen-bond acceptors (Lipinski definition) is 9. The molecular formula is C32H33N7O2. The standard InChI is InChI=1S/C32H33N7O2/c33-30-27(39-16-14-38(15-17-39)22-6-2-1-3-7-22)18-25(35-21-12-10-20(11-13-21)26-19-34-37-36-26)28-29(30)32(41)24-9-5-4-8-23(24)31(28)40/h4-5,8-13,18,22,33-34,37H,1-3,6-7,14-17,19H2. The molecule has 2 aromatic rings. The molecule has 0 bridgehead atoms. The first-order chi connectivity index (χ1) is 20.1. The van der Waals surface area contributed by atoms with E-state index >= 15 is 0 Å². The maximum Gasteiger partial charge on any atom is 0.196 e. The van der Waals surface area contributed by atoms with E-state index in [0.29, 0.717) is 40.1 Å². The number of nitrogens with zero attached hydrogens (tertiary/aromatic N) is 4. The Balaban J connectivity index is 1.37. The minimum atomic E-state index is -0.283. The first kappa shape index (κ1) is 25.7. The lowest BCUT2D eigenvalue weighted by atomic mass is 9.94. The molecule has 2 aromatic carbocycles. The van der Waals surface area contributed by atoms with Gasteiger partial charge in [0.2, 0.25) is 0 Å². The number of hydrogen-bond donors (Lipinski definition) is 3. The minimum Gasteiger partial charge on any atom is -0.367 e. The second-order valence-corrected chi connectivity index (χ2v) is 11.2. The van der Waals surface area contributed by atoms with E-state index in [1.165, 1.54) is 32.1 Å². The first-order valence-corrected chi connectivity index (χ1v) is 14.5. The fourth-order valence-electron chi connectivity index (χ4n) is 6.68. The molecule has 9 heteroatoms. The lowest BCUT2D eigenvalue weighted by Gasteiger charge is -2.41. The van der Waals surface area contributed by atoms with Crippen LogP contribution in [0.1, 0.15) is 37.7 Å². The molecule has 1 saturated heterocycles. The van der Waals surface area contributed by atoms with Gasteiger partial charge in [0.05, 0.1) is 44.8 Å². The van der Waals surface area contributed by atoms with Gasteiger partial charge in [0, 0.05) is 43.0 Å². The maximum atomic E-state index is 13.8. The van der Waals surface area contributed by atoms with Crippen molar-refractivity contribution in [1.82, 2.24) is 15.9 Å². The monoisotopic (exact) mass is 547 g/mol. The summed E-state index contributed by atoms with van der Waals surface area (Å²) in [4.78, 5) is 37.3. The molecule has 0 aromatic heterocycles. The minimum absolute atomic E-state index is 0.118. The Morgan fingerprint density at radius 3 is 2.20 bits per heavy atom.